The first-order valence-corrected chi connectivity index (χ1v) is 6.21. The van der Waals surface area contributed by atoms with Gasteiger partial charge in [0, 0.05) is 20.1 Å². The molecule has 0 unspecified atom stereocenters. The largest absolute Gasteiger partial charge is 0.373 e. The van der Waals surface area contributed by atoms with Crippen molar-refractivity contribution in [2.24, 2.45) is 0 Å². The second-order valence-electron chi connectivity index (χ2n) is 4.05. The van der Waals surface area contributed by atoms with Crippen LogP contribution in [0.1, 0.15) is 25.3 Å². The molecular weight excluding hydrogens is 220 g/mol. The molecule has 16 heavy (non-hydrogen) atoms. The van der Waals surface area contributed by atoms with Gasteiger partial charge < -0.3 is 10.2 Å². The normalized spacial score (nSPS) is 10.5. The minimum absolute atomic E-state index is 0.839. The second kappa shape index (κ2) is 6.77. The summed E-state index contributed by atoms with van der Waals surface area (Å²) >= 11 is 6.27. The van der Waals surface area contributed by atoms with E-state index in [0.29, 0.717) is 0 Å². The highest BCUT2D eigenvalue weighted by atomic mass is 35.5. The van der Waals surface area contributed by atoms with Crippen molar-refractivity contribution in [3.63, 3.8) is 0 Å². The molecule has 0 saturated heterocycles. The number of halogens is 1. The lowest BCUT2D eigenvalue weighted by Crippen LogP contribution is -2.21. The molecule has 1 N–H and O–H groups in total. The van der Waals surface area contributed by atoms with E-state index < -0.39 is 0 Å². The van der Waals surface area contributed by atoms with Gasteiger partial charge >= 0.3 is 0 Å². The van der Waals surface area contributed by atoms with Crippen LogP contribution in [0, 0.1) is 0 Å². The van der Waals surface area contributed by atoms with Gasteiger partial charge in [-0.1, -0.05) is 37.1 Å². The van der Waals surface area contributed by atoms with E-state index in [1.54, 1.807) is 0 Å². The Morgan fingerprint density at radius 1 is 1.38 bits per heavy atom. The smallest absolute Gasteiger partial charge is 0.0642 e. The standard InChI is InChI=1S/C13H21ClN2/c1-4-5-9-16(3)13-11(10-15-2)7-6-8-12(13)14/h6-8,15H,4-5,9-10H2,1-3H3. The Kier molecular flexibility index (Phi) is 5.64. The molecule has 1 aromatic rings. The van der Waals surface area contributed by atoms with Crippen molar-refractivity contribution in [2.45, 2.75) is 26.3 Å². The van der Waals surface area contributed by atoms with Gasteiger partial charge in [-0.25, -0.2) is 0 Å². The van der Waals surface area contributed by atoms with E-state index in [1.807, 2.05) is 19.2 Å². The molecule has 0 amide bonds. The predicted octanol–water partition coefficient (Wildman–Crippen LogP) is 3.30. The summed E-state index contributed by atoms with van der Waals surface area (Å²) < 4.78 is 0. The third kappa shape index (κ3) is 3.39. The van der Waals surface area contributed by atoms with Crippen molar-refractivity contribution in [3.05, 3.63) is 28.8 Å². The lowest BCUT2D eigenvalue weighted by atomic mass is 10.1. The molecule has 1 aromatic carbocycles. The molecule has 0 radical (unpaired) electrons. The number of unbranched alkanes of at least 4 members (excludes halogenated alkanes) is 1. The first kappa shape index (κ1) is 13.3. The van der Waals surface area contributed by atoms with Gasteiger partial charge in [-0.3, -0.25) is 0 Å². The monoisotopic (exact) mass is 240 g/mol. The molecule has 0 aliphatic carbocycles. The summed E-state index contributed by atoms with van der Waals surface area (Å²) in [5.74, 6) is 0. The summed E-state index contributed by atoms with van der Waals surface area (Å²) in [6, 6.07) is 6.09. The zero-order chi connectivity index (χ0) is 12.0. The number of hydrogen-bond acceptors (Lipinski definition) is 2. The van der Waals surface area contributed by atoms with Crippen LogP contribution in [0.4, 0.5) is 5.69 Å². The van der Waals surface area contributed by atoms with Crippen molar-refractivity contribution >= 4 is 17.3 Å². The maximum Gasteiger partial charge on any atom is 0.0642 e. The molecule has 0 spiro atoms. The summed E-state index contributed by atoms with van der Waals surface area (Å²) in [4.78, 5) is 2.25. The van der Waals surface area contributed by atoms with Crippen molar-refractivity contribution in [1.82, 2.24) is 5.32 Å². The summed E-state index contributed by atoms with van der Waals surface area (Å²) in [6.45, 7) is 4.11. The lowest BCUT2D eigenvalue weighted by Gasteiger charge is -2.23. The highest BCUT2D eigenvalue weighted by Crippen LogP contribution is 2.29. The van der Waals surface area contributed by atoms with Gasteiger partial charge in [0.1, 0.15) is 0 Å². The van der Waals surface area contributed by atoms with Crippen LogP contribution in [-0.4, -0.2) is 20.6 Å². The minimum Gasteiger partial charge on any atom is -0.373 e. The van der Waals surface area contributed by atoms with Crippen LogP contribution in [0.2, 0.25) is 5.02 Å². The van der Waals surface area contributed by atoms with Crippen molar-refractivity contribution in [2.75, 3.05) is 25.5 Å². The Balaban J connectivity index is 2.90. The Hall–Kier alpha value is -0.730. The Bertz CT molecular complexity index is 326. The fraction of sp³-hybridized carbons (Fsp3) is 0.538. The maximum atomic E-state index is 6.27. The van der Waals surface area contributed by atoms with E-state index in [2.05, 4.69) is 30.3 Å². The Morgan fingerprint density at radius 3 is 2.75 bits per heavy atom. The summed E-state index contributed by atoms with van der Waals surface area (Å²) in [6.07, 6.45) is 2.40. The lowest BCUT2D eigenvalue weighted by molar-refractivity contribution is 0.755. The zero-order valence-corrected chi connectivity index (χ0v) is 11.1. The number of hydrogen-bond donors (Lipinski definition) is 1. The van der Waals surface area contributed by atoms with E-state index >= 15 is 0 Å². The van der Waals surface area contributed by atoms with E-state index in [1.165, 1.54) is 18.4 Å². The first-order valence-electron chi connectivity index (χ1n) is 5.83. The Morgan fingerprint density at radius 2 is 2.12 bits per heavy atom. The molecule has 0 bridgehead atoms. The molecule has 2 nitrogen and oxygen atoms in total. The van der Waals surface area contributed by atoms with Crippen LogP contribution in [0.3, 0.4) is 0 Å². The van der Waals surface area contributed by atoms with Crippen LogP contribution in [0.15, 0.2) is 18.2 Å². The van der Waals surface area contributed by atoms with E-state index in [4.69, 9.17) is 11.6 Å². The molecule has 0 saturated carbocycles. The molecule has 0 heterocycles. The molecule has 0 aromatic heterocycles. The van der Waals surface area contributed by atoms with Gasteiger partial charge in [0.2, 0.25) is 0 Å². The van der Waals surface area contributed by atoms with Crippen LogP contribution in [0.25, 0.3) is 0 Å². The zero-order valence-electron chi connectivity index (χ0n) is 10.4. The fourth-order valence-electron chi connectivity index (χ4n) is 1.83. The number of benzene rings is 1. The van der Waals surface area contributed by atoms with Crippen molar-refractivity contribution in [3.8, 4) is 0 Å². The van der Waals surface area contributed by atoms with Crippen LogP contribution >= 0.6 is 11.6 Å². The number of anilines is 1. The first-order chi connectivity index (χ1) is 7.70. The molecule has 0 atom stereocenters. The third-order valence-electron chi connectivity index (χ3n) is 2.67. The SMILES string of the molecule is CCCCN(C)c1c(Cl)cccc1CNC. The van der Waals surface area contributed by atoms with Crippen LogP contribution in [-0.2, 0) is 6.54 Å². The van der Waals surface area contributed by atoms with Gasteiger partial charge in [-0.2, -0.15) is 0 Å². The molecular formula is C13H21ClN2. The highest BCUT2D eigenvalue weighted by Gasteiger charge is 2.10. The van der Waals surface area contributed by atoms with Crippen LogP contribution < -0.4 is 10.2 Å². The molecule has 0 aliphatic heterocycles. The number of para-hydroxylation sites is 1. The van der Waals surface area contributed by atoms with Gasteiger partial charge in [0.25, 0.3) is 0 Å². The van der Waals surface area contributed by atoms with Gasteiger partial charge in [-0.05, 0) is 25.1 Å². The Labute approximate surface area is 104 Å². The van der Waals surface area contributed by atoms with Gasteiger partial charge in [0.15, 0.2) is 0 Å². The van der Waals surface area contributed by atoms with Crippen molar-refractivity contribution < 1.29 is 0 Å². The van der Waals surface area contributed by atoms with E-state index in [9.17, 15) is 0 Å². The average molecular weight is 241 g/mol. The van der Waals surface area contributed by atoms with Gasteiger partial charge in [-0.15, -0.1) is 0 Å². The number of nitrogens with zero attached hydrogens (tertiary/aromatic N) is 1. The summed E-state index contributed by atoms with van der Waals surface area (Å²) in [7, 11) is 4.06. The minimum atomic E-state index is 0.839. The average Bonchev–Trinajstić information content (AvgIpc) is 2.26. The maximum absolute atomic E-state index is 6.27. The number of nitrogens with one attached hydrogen (secondary N) is 1. The van der Waals surface area contributed by atoms with Crippen LogP contribution in [0.5, 0.6) is 0 Å². The van der Waals surface area contributed by atoms with Crippen molar-refractivity contribution in [1.29, 1.82) is 0 Å². The summed E-state index contributed by atoms with van der Waals surface area (Å²) in [5.41, 5.74) is 2.42. The molecule has 90 valence electrons. The van der Waals surface area contributed by atoms with Gasteiger partial charge in [0.05, 0.1) is 10.7 Å². The molecule has 0 fully saturated rings. The molecule has 3 heteroatoms. The molecule has 0 aliphatic rings. The topological polar surface area (TPSA) is 15.3 Å². The number of rotatable bonds is 6. The highest BCUT2D eigenvalue weighted by molar-refractivity contribution is 6.33. The van der Waals surface area contributed by atoms with E-state index in [0.717, 1.165) is 23.8 Å². The third-order valence-corrected chi connectivity index (χ3v) is 2.97. The predicted molar refractivity (Wildman–Crippen MR) is 72.4 cm³/mol. The molecule has 1 rings (SSSR count). The second-order valence-corrected chi connectivity index (χ2v) is 4.46. The fourth-order valence-corrected chi connectivity index (χ4v) is 2.17. The quantitative estimate of drug-likeness (QED) is 0.821. The van der Waals surface area contributed by atoms with E-state index in [-0.39, 0.29) is 0 Å². The summed E-state index contributed by atoms with van der Waals surface area (Å²) in [5, 5.41) is 4.02.